The average molecular weight is 475 g/mol. The van der Waals surface area contributed by atoms with Gasteiger partial charge in [-0.25, -0.2) is 0 Å². The molecule has 2 aliphatic rings. The van der Waals surface area contributed by atoms with Crippen LogP contribution in [0.3, 0.4) is 0 Å². The summed E-state index contributed by atoms with van der Waals surface area (Å²) in [4.78, 5) is 14.5. The quantitative estimate of drug-likeness (QED) is 0.673. The maximum absolute atomic E-state index is 13.0. The van der Waals surface area contributed by atoms with Crippen LogP contribution in [0, 0.1) is 6.92 Å². The van der Waals surface area contributed by atoms with E-state index in [9.17, 15) is 13.2 Å². The summed E-state index contributed by atoms with van der Waals surface area (Å²) in [6.07, 6.45) is -0.256. The summed E-state index contributed by atoms with van der Waals surface area (Å²) in [7, 11) is -2.02. The maximum Gasteiger partial charge on any atom is 0.282 e. The van der Waals surface area contributed by atoms with Crippen LogP contribution in [0.15, 0.2) is 12.1 Å². The van der Waals surface area contributed by atoms with E-state index in [1.54, 1.807) is 12.1 Å². The molecule has 3 rings (SSSR count). The lowest BCUT2D eigenvalue weighted by atomic mass is 10.2. The third-order valence-corrected chi connectivity index (χ3v) is 7.87. The Morgan fingerprint density at radius 1 is 1.16 bits per heavy atom. The van der Waals surface area contributed by atoms with Gasteiger partial charge in [0.05, 0.1) is 31.5 Å². The number of carbonyl (C=O) groups is 1. The minimum atomic E-state index is -3.54. The second kappa shape index (κ2) is 10.0. The molecule has 0 bridgehead atoms. The molecule has 2 heterocycles. The Bertz CT molecular complexity index is 895. The number of ether oxygens (including phenoxy) is 2. The molecule has 31 heavy (non-hydrogen) atoms. The highest BCUT2D eigenvalue weighted by molar-refractivity contribution is 7.86. The number of nitrogens with zero attached hydrogens (tertiary/aromatic N) is 3. The van der Waals surface area contributed by atoms with Crippen molar-refractivity contribution < 1.29 is 22.7 Å². The number of hydrogen-bond donors (Lipinski definition) is 1. The lowest BCUT2D eigenvalue weighted by Gasteiger charge is -2.40. The Balaban J connectivity index is 1.54. The Hall–Kier alpha value is -1.43. The molecule has 1 aromatic rings. The van der Waals surface area contributed by atoms with Crippen LogP contribution in [0.25, 0.3) is 0 Å². The van der Waals surface area contributed by atoms with Gasteiger partial charge in [0.2, 0.25) is 5.91 Å². The smallest absolute Gasteiger partial charge is 0.282 e. The van der Waals surface area contributed by atoms with Gasteiger partial charge in [0, 0.05) is 50.4 Å². The monoisotopic (exact) mass is 474 g/mol. The molecule has 0 radical (unpaired) electrons. The van der Waals surface area contributed by atoms with Crippen LogP contribution in [-0.2, 0) is 19.7 Å². The summed E-state index contributed by atoms with van der Waals surface area (Å²) >= 11 is 6.11. The SMILES string of the molecule is COc1cc(Cl)c(C)cc1NC(=O)CN1CCN(S(=O)(=O)N2CC(C)OC(C)C2)CC1. The Morgan fingerprint density at radius 3 is 2.35 bits per heavy atom. The Labute approximate surface area is 189 Å². The molecule has 0 aromatic heterocycles. The van der Waals surface area contributed by atoms with Crippen LogP contribution in [0.1, 0.15) is 19.4 Å². The molecule has 9 nitrogen and oxygen atoms in total. The van der Waals surface area contributed by atoms with Crippen molar-refractivity contribution in [3.63, 3.8) is 0 Å². The molecule has 174 valence electrons. The van der Waals surface area contributed by atoms with Gasteiger partial charge >= 0.3 is 0 Å². The number of morpholine rings is 1. The predicted molar refractivity (Wildman–Crippen MR) is 120 cm³/mol. The third-order valence-electron chi connectivity index (χ3n) is 5.49. The van der Waals surface area contributed by atoms with Crippen molar-refractivity contribution in [1.82, 2.24) is 13.5 Å². The first-order valence-electron chi connectivity index (χ1n) is 10.4. The molecule has 0 aliphatic carbocycles. The standard InChI is InChI=1S/C20H31ClN4O5S/c1-14-9-18(19(29-4)10-17(14)21)22-20(26)13-23-5-7-24(8-6-23)31(27,28)25-11-15(2)30-16(3)12-25/h9-10,15-16H,5-8,11-13H2,1-4H3,(H,22,26). The summed E-state index contributed by atoms with van der Waals surface area (Å²) in [5.41, 5.74) is 1.40. The molecule has 0 spiro atoms. The van der Waals surface area contributed by atoms with Crippen LogP contribution in [-0.4, -0.2) is 93.0 Å². The van der Waals surface area contributed by atoms with Gasteiger partial charge in [0.1, 0.15) is 5.75 Å². The summed E-state index contributed by atoms with van der Waals surface area (Å²) in [5.74, 6) is 0.306. The topological polar surface area (TPSA) is 91.4 Å². The number of piperazine rings is 1. The summed E-state index contributed by atoms with van der Waals surface area (Å²) in [5, 5.41) is 3.43. The highest BCUT2D eigenvalue weighted by Gasteiger charge is 2.36. The number of benzene rings is 1. The lowest BCUT2D eigenvalue weighted by Crippen LogP contribution is -2.57. The van der Waals surface area contributed by atoms with Crippen LogP contribution >= 0.6 is 11.6 Å². The van der Waals surface area contributed by atoms with Gasteiger partial charge < -0.3 is 14.8 Å². The molecule has 1 aromatic carbocycles. The van der Waals surface area contributed by atoms with E-state index >= 15 is 0 Å². The molecular weight excluding hydrogens is 444 g/mol. The molecular formula is C20H31ClN4O5S. The average Bonchev–Trinajstić information content (AvgIpc) is 2.70. The fourth-order valence-corrected chi connectivity index (χ4v) is 5.83. The van der Waals surface area contributed by atoms with Crippen molar-refractivity contribution in [2.45, 2.75) is 33.0 Å². The van der Waals surface area contributed by atoms with E-state index in [1.807, 2.05) is 25.7 Å². The van der Waals surface area contributed by atoms with E-state index in [-0.39, 0.29) is 24.7 Å². The summed E-state index contributed by atoms with van der Waals surface area (Å²) in [6.45, 7) is 8.17. The molecule has 2 saturated heterocycles. The largest absolute Gasteiger partial charge is 0.495 e. The number of rotatable bonds is 6. The molecule has 11 heteroatoms. The van der Waals surface area contributed by atoms with E-state index in [0.29, 0.717) is 55.7 Å². The number of anilines is 1. The minimum absolute atomic E-state index is 0.128. The van der Waals surface area contributed by atoms with E-state index in [4.69, 9.17) is 21.1 Å². The number of amides is 1. The first kappa shape index (κ1) is 24.2. The Morgan fingerprint density at radius 2 is 1.77 bits per heavy atom. The number of halogens is 1. The number of carbonyl (C=O) groups excluding carboxylic acids is 1. The maximum atomic E-state index is 13.0. The zero-order valence-corrected chi connectivity index (χ0v) is 20.0. The van der Waals surface area contributed by atoms with Gasteiger partial charge in [0.15, 0.2) is 0 Å². The normalized spacial score (nSPS) is 24.2. The summed E-state index contributed by atoms with van der Waals surface area (Å²) < 4.78 is 40.0. The van der Waals surface area contributed by atoms with Gasteiger partial charge in [0.25, 0.3) is 10.2 Å². The van der Waals surface area contributed by atoms with Crippen molar-refractivity contribution in [1.29, 1.82) is 0 Å². The minimum Gasteiger partial charge on any atom is -0.495 e. The van der Waals surface area contributed by atoms with E-state index < -0.39 is 10.2 Å². The number of nitrogens with one attached hydrogen (secondary N) is 1. The zero-order valence-electron chi connectivity index (χ0n) is 18.4. The number of methoxy groups -OCH3 is 1. The Kier molecular flexibility index (Phi) is 7.82. The molecule has 2 fully saturated rings. The third kappa shape index (κ3) is 5.88. The van der Waals surface area contributed by atoms with E-state index in [0.717, 1.165) is 5.56 Å². The lowest BCUT2D eigenvalue weighted by molar-refractivity contribution is -0.117. The van der Waals surface area contributed by atoms with Gasteiger partial charge in [-0.15, -0.1) is 0 Å². The van der Waals surface area contributed by atoms with Crippen molar-refractivity contribution in [2.75, 3.05) is 58.2 Å². The fraction of sp³-hybridized carbons (Fsp3) is 0.650. The van der Waals surface area contributed by atoms with Crippen LogP contribution in [0.5, 0.6) is 5.75 Å². The van der Waals surface area contributed by atoms with E-state index in [1.165, 1.54) is 15.7 Å². The van der Waals surface area contributed by atoms with Crippen LogP contribution in [0.4, 0.5) is 5.69 Å². The first-order valence-corrected chi connectivity index (χ1v) is 12.1. The highest BCUT2D eigenvalue weighted by Crippen LogP contribution is 2.31. The van der Waals surface area contributed by atoms with Gasteiger partial charge in [-0.2, -0.15) is 17.0 Å². The van der Waals surface area contributed by atoms with Crippen LogP contribution in [0.2, 0.25) is 5.02 Å². The number of hydrogen-bond acceptors (Lipinski definition) is 6. The fourth-order valence-electron chi connectivity index (χ4n) is 3.92. The van der Waals surface area contributed by atoms with Gasteiger partial charge in [-0.1, -0.05) is 11.6 Å². The molecule has 0 saturated carbocycles. The van der Waals surface area contributed by atoms with Crippen molar-refractivity contribution in [3.05, 3.63) is 22.7 Å². The predicted octanol–water partition coefficient (Wildman–Crippen LogP) is 1.57. The second-order valence-electron chi connectivity index (χ2n) is 8.11. The molecule has 1 amide bonds. The van der Waals surface area contributed by atoms with Crippen molar-refractivity contribution in [3.8, 4) is 5.75 Å². The van der Waals surface area contributed by atoms with Gasteiger partial charge in [-0.05, 0) is 32.4 Å². The van der Waals surface area contributed by atoms with Gasteiger partial charge in [-0.3, -0.25) is 9.69 Å². The second-order valence-corrected chi connectivity index (χ2v) is 10.4. The highest BCUT2D eigenvalue weighted by atomic mass is 35.5. The molecule has 2 aliphatic heterocycles. The first-order chi connectivity index (χ1) is 14.6. The molecule has 1 N–H and O–H groups in total. The van der Waals surface area contributed by atoms with Crippen molar-refractivity contribution in [2.24, 2.45) is 0 Å². The molecule has 2 atom stereocenters. The zero-order chi connectivity index (χ0) is 22.8. The van der Waals surface area contributed by atoms with Crippen molar-refractivity contribution >= 4 is 33.4 Å². The van der Waals surface area contributed by atoms with E-state index in [2.05, 4.69) is 5.32 Å². The van der Waals surface area contributed by atoms with Crippen LogP contribution < -0.4 is 10.1 Å². The molecule has 2 unspecified atom stereocenters. The summed E-state index contributed by atoms with van der Waals surface area (Å²) in [6, 6.07) is 3.44. The number of aryl methyl sites for hydroxylation is 1.